The highest BCUT2D eigenvalue weighted by Gasteiger charge is 2.09. The van der Waals surface area contributed by atoms with E-state index in [1.54, 1.807) is 18.3 Å². The number of nitrogens with one attached hydrogen (secondary N) is 1. The normalized spacial score (nSPS) is 10.5. The van der Waals surface area contributed by atoms with E-state index in [9.17, 15) is 9.59 Å². The van der Waals surface area contributed by atoms with Crippen LogP contribution >= 0.6 is 0 Å². The Kier molecular flexibility index (Phi) is 3.28. The molecule has 0 spiro atoms. The van der Waals surface area contributed by atoms with E-state index in [0.717, 1.165) is 17.2 Å². The number of carbonyl (C=O) groups is 2. The number of benzene rings is 2. The van der Waals surface area contributed by atoms with E-state index < -0.39 is 0 Å². The van der Waals surface area contributed by atoms with Crippen LogP contribution in [0.5, 0.6) is 0 Å². The molecule has 1 aromatic heterocycles. The zero-order chi connectivity index (χ0) is 14.8. The Morgan fingerprint density at radius 2 is 1.90 bits per heavy atom. The summed E-state index contributed by atoms with van der Waals surface area (Å²) in [6, 6.07) is 14.6. The lowest BCUT2D eigenvalue weighted by atomic mass is 10.1. The summed E-state index contributed by atoms with van der Waals surface area (Å²) in [5, 5.41) is 3.68. The summed E-state index contributed by atoms with van der Waals surface area (Å²) in [6.07, 6.45) is 2.60. The maximum absolute atomic E-state index is 12.1. The molecule has 0 radical (unpaired) electrons. The number of rotatable bonds is 3. The van der Waals surface area contributed by atoms with Crippen LogP contribution in [0.1, 0.15) is 20.7 Å². The molecule has 0 aliphatic carbocycles. The van der Waals surface area contributed by atoms with Gasteiger partial charge < -0.3 is 9.88 Å². The lowest BCUT2D eigenvalue weighted by Crippen LogP contribution is -2.11. The molecule has 4 nitrogen and oxygen atoms in total. The summed E-state index contributed by atoms with van der Waals surface area (Å²) in [5.74, 6) is -0.168. The maximum Gasteiger partial charge on any atom is 0.255 e. The quantitative estimate of drug-likeness (QED) is 0.748. The Balaban J connectivity index is 1.95. The second-order valence-electron chi connectivity index (χ2n) is 4.87. The van der Waals surface area contributed by atoms with E-state index in [1.807, 2.05) is 48.0 Å². The van der Waals surface area contributed by atoms with Crippen molar-refractivity contribution in [3.63, 3.8) is 0 Å². The van der Waals surface area contributed by atoms with Crippen LogP contribution in [-0.2, 0) is 7.05 Å². The summed E-state index contributed by atoms with van der Waals surface area (Å²) in [7, 11) is 1.89. The van der Waals surface area contributed by atoms with Crippen molar-refractivity contribution in [2.45, 2.75) is 0 Å². The highest BCUT2D eigenvalue weighted by atomic mass is 16.1. The van der Waals surface area contributed by atoms with Gasteiger partial charge in [0.2, 0.25) is 0 Å². The second kappa shape index (κ2) is 5.25. The second-order valence-corrected chi connectivity index (χ2v) is 4.87. The summed E-state index contributed by atoms with van der Waals surface area (Å²) in [6.45, 7) is 0. The van der Waals surface area contributed by atoms with Gasteiger partial charge >= 0.3 is 0 Å². The first-order chi connectivity index (χ1) is 10.2. The van der Waals surface area contributed by atoms with E-state index in [1.165, 1.54) is 0 Å². The van der Waals surface area contributed by atoms with E-state index in [4.69, 9.17) is 0 Å². The van der Waals surface area contributed by atoms with Gasteiger partial charge in [-0.15, -0.1) is 0 Å². The third-order valence-corrected chi connectivity index (χ3v) is 3.44. The fourth-order valence-electron chi connectivity index (χ4n) is 2.39. The molecule has 0 fully saturated rings. The zero-order valence-corrected chi connectivity index (χ0v) is 11.5. The molecule has 3 aromatic rings. The molecule has 4 heteroatoms. The van der Waals surface area contributed by atoms with Gasteiger partial charge in [-0.3, -0.25) is 9.59 Å². The minimum absolute atomic E-state index is 0.168. The van der Waals surface area contributed by atoms with Crippen LogP contribution in [0, 0.1) is 0 Å². The lowest BCUT2D eigenvalue weighted by molar-refractivity contribution is 0.102. The van der Waals surface area contributed by atoms with Gasteiger partial charge in [0.1, 0.15) is 0 Å². The van der Waals surface area contributed by atoms with Crippen molar-refractivity contribution in [1.82, 2.24) is 4.57 Å². The Bertz CT molecular complexity index is 819. The van der Waals surface area contributed by atoms with Gasteiger partial charge in [-0.2, -0.15) is 0 Å². The van der Waals surface area contributed by atoms with E-state index in [0.29, 0.717) is 16.8 Å². The number of anilines is 1. The Hall–Kier alpha value is -2.88. The largest absolute Gasteiger partial charge is 0.350 e. The molecule has 0 aliphatic heterocycles. The van der Waals surface area contributed by atoms with Gasteiger partial charge in [-0.05, 0) is 30.3 Å². The van der Waals surface area contributed by atoms with Gasteiger partial charge in [-0.1, -0.05) is 18.2 Å². The minimum Gasteiger partial charge on any atom is -0.350 e. The molecule has 2 aromatic carbocycles. The summed E-state index contributed by atoms with van der Waals surface area (Å²) < 4.78 is 1.89. The molecule has 1 amide bonds. The number of hydrogen-bond acceptors (Lipinski definition) is 2. The lowest BCUT2D eigenvalue weighted by Gasteiger charge is -2.06. The molecule has 0 saturated heterocycles. The van der Waals surface area contributed by atoms with Gasteiger partial charge in [-0.25, -0.2) is 0 Å². The highest BCUT2D eigenvalue weighted by Crippen LogP contribution is 2.23. The monoisotopic (exact) mass is 278 g/mol. The Labute approximate surface area is 122 Å². The van der Waals surface area contributed by atoms with Gasteiger partial charge in [0, 0.05) is 41.0 Å². The van der Waals surface area contributed by atoms with Crippen LogP contribution < -0.4 is 5.32 Å². The number of fused-ring (bicyclic) bond motifs is 1. The minimum atomic E-state index is -0.168. The number of aromatic nitrogens is 1. The fourth-order valence-corrected chi connectivity index (χ4v) is 2.39. The van der Waals surface area contributed by atoms with E-state index in [2.05, 4.69) is 5.32 Å². The smallest absolute Gasteiger partial charge is 0.255 e. The van der Waals surface area contributed by atoms with Crippen molar-refractivity contribution >= 4 is 28.8 Å². The molecular weight excluding hydrogens is 264 g/mol. The molecule has 0 saturated carbocycles. The van der Waals surface area contributed by atoms with Crippen molar-refractivity contribution in [1.29, 1.82) is 0 Å². The van der Waals surface area contributed by atoms with Crippen molar-refractivity contribution in [2.75, 3.05) is 5.32 Å². The van der Waals surface area contributed by atoms with Gasteiger partial charge in [0.15, 0.2) is 6.29 Å². The highest BCUT2D eigenvalue weighted by molar-refractivity contribution is 6.06. The van der Waals surface area contributed by atoms with E-state index >= 15 is 0 Å². The molecule has 1 heterocycles. The third kappa shape index (κ3) is 2.43. The molecule has 0 aliphatic rings. The molecule has 21 heavy (non-hydrogen) atoms. The Morgan fingerprint density at radius 3 is 2.62 bits per heavy atom. The number of hydrogen-bond donors (Lipinski definition) is 1. The predicted molar refractivity (Wildman–Crippen MR) is 82.7 cm³/mol. The number of amides is 1. The van der Waals surface area contributed by atoms with Crippen LogP contribution in [0.25, 0.3) is 10.9 Å². The van der Waals surface area contributed by atoms with Crippen molar-refractivity contribution in [3.8, 4) is 0 Å². The van der Waals surface area contributed by atoms with Crippen LogP contribution in [-0.4, -0.2) is 16.8 Å². The summed E-state index contributed by atoms with van der Waals surface area (Å²) in [5.41, 5.74) is 2.84. The average molecular weight is 278 g/mol. The van der Waals surface area contributed by atoms with Crippen molar-refractivity contribution in [2.24, 2.45) is 7.05 Å². The first-order valence-corrected chi connectivity index (χ1v) is 6.59. The van der Waals surface area contributed by atoms with E-state index in [-0.39, 0.29) is 5.91 Å². The molecule has 1 N–H and O–H groups in total. The number of aryl methyl sites for hydroxylation is 1. The number of carbonyl (C=O) groups excluding carboxylic acids is 2. The Morgan fingerprint density at radius 1 is 1.14 bits per heavy atom. The van der Waals surface area contributed by atoms with Crippen LogP contribution in [0.15, 0.2) is 54.7 Å². The number of aldehydes is 1. The number of nitrogens with zero attached hydrogens (tertiary/aromatic N) is 1. The standard InChI is InChI=1S/C17H14N2O2/c1-19-10-13(11-20)15-9-14(7-8-16(15)19)18-17(21)12-5-3-2-4-6-12/h2-11H,1H3,(H,18,21). The van der Waals surface area contributed by atoms with Crippen LogP contribution in [0.4, 0.5) is 5.69 Å². The third-order valence-electron chi connectivity index (χ3n) is 3.44. The van der Waals surface area contributed by atoms with Gasteiger partial charge in [0.05, 0.1) is 0 Å². The summed E-state index contributed by atoms with van der Waals surface area (Å²) >= 11 is 0. The first kappa shape index (κ1) is 13.1. The predicted octanol–water partition coefficient (Wildman–Crippen LogP) is 3.24. The maximum atomic E-state index is 12.1. The van der Waals surface area contributed by atoms with Crippen LogP contribution in [0.3, 0.4) is 0 Å². The summed E-state index contributed by atoms with van der Waals surface area (Å²) in [4.78, 5) is 23.2. The fraction of sp³-hybridized carbons (Fsp3) is 0.0588. The van der Waals surface area contributed by atoms with Crippen LogP contribution in [0.2, 0.25) is 0 Å². The molecule has 0 bridgehead atoms. The molecular formula is C17H14N2O2. The van der Waals surface area contributed by atoms with Gasteiger partial charge in [0.25, 0.3) is 5.91 Å². The molecule has 0 atom stereocenters. The van der Waals surface area contributed by atoms with Crippen molar-refractivity contribution < 1.29 is 9.59 Å². The molecule has 3 rings (SSSR count). The first-order valence-electron chi connectivity index (χ1n) is 6.59. The van der Waals surface area contributed by atoms with Crippen molar-refractivity contribution in [3.05, 3.63) is 65.9 Å². The SMILES string of the molecule is Cn1cc(C=O)c2cc(NC(=O)c3ccccc3)ccc21. The zero-order valence-electron chi connectivity index (χ0n) is 11.5. The average Bonchev–Trinajstić information content (AvgIpc) is 2.84. The molecule has 0 unspecified atom stereocenters. The topological polar surface area (TPSA) is 51.1 Å². The molecule has 104 valence electrons.